The normalized spacial score (nSPS) is 14.7. The maximum Gasteiger partial charge on any atom is 0.340 e. The van der Waals surface area contributed by atoms with E-state index in [-0.39, 0.29) is 17.1 Å². The van der Waals surface area contributed by atoms with Crippen molar-refractivity contribution in [1.82, 2.24) is 0 Å². The summed E-state index contributed by atoms with van der Waals surface area (Å²) >= 11 is 0. The van der Waals surface area contributed by atoms with E-state index in [0.717, 1.165) is 11.1 Å². The Labute approximate surface area is 188 Å². The SMILES string of the molecule is C=CCOc1ccc(/C=C2\C(=O)N(c3ccc(C)c(C)c3)C(C)=C2C(=O)OC)cc1OC. The molecule has 0 radical (unpaired) electrons. The lowest BCUT2D eigenvalue weighted by Crippen LogP contribution is -2.24. The summed E-state index contributed by atoms with van der Waals surface area (Å²) in [5.74, 6) is 0.213. The van der Waals surface area contributed by atoms with Gasteiger partial charge < -0.3 is 14.2 Å². The summed E-state index contributed by atoms with van der Waals surface area (Å²) in [5.41, 5.74) is 4.58. The molecule has 6 nitrogen and oxygen atoms in total. The number of esters is 1. The van der Waals surface area contributed by atoms with E-state index in [1.54, 1.807) is 49.3 Å². The Bertz CT molecular complexity index is 1140. The molecule has 0 unspecified atom stereocenters. The molecular weight excluding hydrogens is 406 g/mol. The van der Waals surface area contributed by atoms with Gasteiger partial charge in [0.05, 0.1) is 25.4 Å². The number of hydrogen-bond acceptors (Lipinski definition) is 5. The molecule has 166 valence electrons. The highest BCUT2D eigenvalue weighted by atomic mass is 16.5. The van der Waals surface area contributed by atoms with Crippen LogP contribution in [0.5, 0.6) is 11.5 Å². The zero-order valence-electron chi connectivity index (χ0n) is 19.0. The molecule has 1 aliphatic rings. The number of anilines is 1. The maximum absolute atomic E-state index is 13.5. The molecule has 1 aliphatic heterocycles. The average Bonchev–Trinajstić information content (AvgIpc) is 3.03. The predicted octanol–water partition coefficient (Wildman–Crippen LogP) is 4.75. The van der Waals surface area contributed by atoms with Crippen LogP contribution < -0.4 is 14.4 Å². The molecule has 1 heterocycles. The topological polar surface area (TPSA) is 65.1 Å². The van der Waals surface area contributed by atoms with Crippen LogP contribution in [-0.4, -0.2) is 32.7 Å². The number of allylic oxidation sites excluding steroid dienone is 1. The minimum Gasteiger partial charge on any atom is -0.493 e. The number of aryl methyl sites for hydroxylation is 2. The lowest BCUT2D eigenvalue weighted by molar-refractivity contribution is -0.136. The molecule has 0 fully saturated rings. The van der Waals surface area contributed by atoms with Gasteiger partial charge in [-0.25, -0.2) is 4.79 Å². The molecule has 6 heteroatoms. The van der Waals surface area contributed by atoms with Crippen molar-refractivity contribution in [2.24, 2.45) is 0 Å². The number of amides is 1. The molecule has 3 rings (SSSR count). The molecule has 0 saturated heterocycles. The van der Waals surface area contributed by atoms with Crippen molar-refractivity contribution in [3.05, 3.63) is 82.6 Å². The molecule has 1 amide bonds. The molecule has 32 heavy (non-hydrogen) atoms. The Morgan fingerprint density at radius 3 is 2.41 bits per heavy atom. The zero-order chi connectivity index (χ0) is 23.4. The van der Waals surface area contributed by atoms with Crippen molar-refractivity contribution in [2.75, 3.05) is 25.7 Å². The van der Waals surface area contributed by atoms with E-state index in [0.29, 0.717) is 35.1 Å². The van der Waals surface area contributed by atoms with Crippen molar-refractivity contribution < 1.29 is 23.8 Å². The van der Waals surface area contributed by atoms with E-state index in [1.807, 2.05) is 32.0 Å². The van der Waals surface area contributed by atoms with E-state index in [9.17, 15) is 9.59 Å². The van der Waals surface area contributed by atoms with Crippen LogP contribution in [0.4, 0.5) is 5.69 Å². The van der Waals surface area contributed by atoms with Crippen molar-refractivity contribution in [1.29, 1.82) is 0 Å². The highest BCUT2D eigenvalue weighted by molar-refractivity contribution is 6.23. The van der Waals surface area contributed by atoms with Crippen LogP contribution in [0.1, 0.15) is 23.6 Å². The number of methoxy groups -OCH3 is 2. The first kappa shape index (κ1) is 22.9. The summed E-state index contributed by atoms with van der Waals surface area (Å²) in [6, 6.07) is 11.1. The number of rotatable bonds is 7. The van der Waals surface area contributed by atoms with Crippen LogP contribution in [0, 0.1) is 13.8 Å². The molecule has 0 aromatic heterocycles. The van der Waals surface area contributed by atoms with Crippen molar-refractivity contribution in [2.45, 2.75) is 20.8 Å². The van der Waals surface area contributed by atoms with Gasteiger partial charge in [-0.05, 0) is 67.8 Å². The number of nitrogens with zero attached hydrogens (tertiary/aromatic N) is 1. The van der Waals surface area contributed by atoms with Gasteiger partial charge in [-0.3, -0.25) is 9.69 Å². The van der Waals surface area contributed by atoms with E-state index < -0.39 is 5.97 Å². The average molecular weight is 434 g/mol. The van der Waals surface area contributed by atoms with Gasteiger partial charge in [0.25, 0.3) is 5.91 Å². The van der Waals surface area contributed by atoms with Gasteiger partial charge in [-0.1, -0.05) is 24.8 Å². The standard InChI is InChI=1S/C26H27NO5/c1-7-12-32-22-11-9-19(15-23(22)30-5)14-21-24(26(29)31-6)18(4)27(25(21)28)20-10-8-16(2)17(3)13-20/h7-11,13-15H,1,12H2,2-6H3/b21-14-. The molecule has 2 aromatic rings. The zero-order valence-corrected chi connectivity index (χ0v) is 19.0. The first-order valence-electron chi connectivity index (χ1n) is 10.2. The number of hydrogen-bond donors (Lipinski definition) is 0. The summed E-state index contributed by atoms with van der Waals surface area (Å²) in [7, 11) is 2.84. The van der Waals surface area contributed by atoms with Gasteiger partial charge in [0.2, 0.25) is 0 Å². The molecule has 2 aromatic carbocycles. The monoisotopic (exact) mass is 433 g/mol. The van der Waals surface area contributed by atoms with Crippen molar-refractivity contribution in [3.63, 3.8) is 0 Å². The predicted molar refractivity (Wildman–Crippen MR) is 125 cm³/mol. The Hall–Kier alpha value is -3.80. The number of benzene rings is 2. The minimum absolute atomic E-state index is 0.238. The fraction of sp³-hybridized carbons (Fsp3) is 0.231. The summed E-state index contributed by atoms with van der Waals surface area (Å²) in [6.45, 7) is 9.72. The van der Waals surface area contributed by atoms with Crippen LogP contribution in [0.2, 0.25) is 0 Å². The first-order valence-corrected chi connectivity index (χ1v) is 10.2. The molecular formula is C26H27NO5. The summed E-state index contributed by atoms with van der Waals surface area (Å²) in [4.78, 5) is 27.6. The third-order valence-corrected chi connectivity index (χ3v) is 5.39. The summed E-state index contributed by atoms with van der Waals surface area (Å²) in [5, 5.41) is 0. The van der Waals surface area contributed by atoms with Gasteiger partial charge in [-0.15, -0.1) is 0 Å². The summed E-state index contributed by atoms with van der Waals surface area (Å²) < 4.78 is 16.0. The molecule has 0 bridgehead atoms. The lowest BCUT2D eigenvalue weighted by atomic mass is 10.0. The van der Waals surface area contributed by atoms with Gasteiger partial charge in [-0.2, -0.15) is 0 Å². The molecule has 0 saturated carbocycles. The van der Waals surface area contributed by atoms with Crippen LogP contribution in [-0.2, 0) is 14.3 Å². The van der Waals surface area contributed by atoms with Crippen molar-refractivity contribution in [3.8, 4) is 11.5 Å². The Morgan fingerprint density at radius 2 is 1.78 bits per heavy atom. The second kappa shape index (κ2) is 9.56. The number of carbonyl (C=O) groups excluding carboxylic acids is 2. The fourth-order valence-electron chi connectivity index (χ4n) is 3.56. The molecule has 0 spiro atoms. The third-order valence-electron chi connectivity index (χ3n) is 5.39. The Balaban J connectivity index is 2.09. The fourth-order valence-corrected chi connectivity index (χ4v) is 3.56. The largest absolute Gasteiger partial charge is 0.493 e. The molecule has 0 aliphatic carbocycles. The second-order valence-corrected chi connectivity index (χ2v) is 7.43. The highest BCUT2D eigenvalue weighted by Crippen LogP contribution is 2.37. The number of ether oxygens (including phenoxy) is 3. The lowest BCUT2D eigenvalue weighted by Gasteiger charge is -2.19. The van der Waals surface area contributed by atoms with Gasteiger partial charge in [0.15, 0.2) is 11.5 Å². The van der Waals surface area contributed by atoms with Crippen LogP contribution in [0.25, 0.3) is 6.08 Å². The van der Waals surface area contributed by atoms with E-state index in [1.165, 1.54) is 7.11 Å². The number of carbonyl (C=O) groups is 2. The molecule has 0 N–H and O–H groups in total. The Morgan fingerprint density at radius 1 is 1.03 bits per heavy atom. The first-order chi connectivity index (χ1) is 15.3. The third kappa shape index (κ3) is 4.30. The van der Waals surface area contributed by atoms with E-state index in [2.05, 4.69) is 6.58 Å². The molecule has 0 atom stereocenters. The van der Waals surface area contributed by atoms with Crippen LogP contribution in [0.15, 0.2) is 65.9 Å². The van der Waals surface area contributed by atoms with E-state index >= 15 is 0 Å². The van der Waals surface area contributed by atoms with Gasteiger partial charge in [0, 0.05) is 11.4 Å². The smallest absolute Gasteiger partial charge is 0.340 e. The Kier molecular flexibility index (Phi) is 6.83. The van der Waals surface area contributed by atoms with Gasteiger partial charge in [0.1, 0.15) is 6.61 Å². The van der Waals surface area contributed by atoms with Gasteiger partial charge >= 0.3 is 5.97 Å². The van der Waals surface area contributed by atoms with Crippen LogP contribution in [0.3, 0.4) is 0 Å². The second-order valence-electron chi connectivity index (χ2n) is 7.43. The van der Waals surface area contributed by atoms with Crippen molar-refractivity contribution >= 4 is 23.6 Å². The highest BCUT2D eigenvalue weighted by Gasteiger charge is 2.38. The van der Waals surface area contributed by atoms with Crippen LogP contribution >= 0.6 is 0 Å². The minimum atomic E-state index is -0.564. The quantitative estimate of drug-likeness (QED) is 0.358. The van der Waals surface area contributed by atoms with E-state index in [4.69, 9.17) is 14.2 Å². The maximum atomic E-state index is 13.5. The summed E-state index contributed by atoms with van der Waals surface area (Å²) in [6.07, 6.45) is 3.31.